The monoisotopic (exact) mass is 387 g/mol. The van der Waals surface area contributed by atoms with E-state index < -0.39 is 0 Å². The van der Waals surface area contributed by atoms with Gasteiger partial charge in [-0.25, -0.2) is 0 Å². The maximum atomic E-state index is 11.2. The predicted octanol–water partition coefficient (Wildman–Crippen LogP) is 6.66. The van der Waals surface area contributed by atoms with Crippen LogP contribution in [0.15, 0.2) is 72.8 Å². The van der Waals surface area contributed by atoms with Gasteiger partial charge in [-0.05, 0) is 68.7 Å². The molecule has 150 valence electrons. The van der Waals surface area contributed by atoms with Crippen LogP contribution < -0.4 is 4.90 Å². The number of hydrogen-bond donors (Lipinski definition) is 0. The molecule has 0 unspecified atom stereocenters. The lowest BCUT2D eigenvalue weighted by Gasteiger charge is -2.26. The lowest BCUT2D eigenvalue weighted by Crippen LogP contribution is -2.10. The minimum atomic E-state index is -0.132. The molecule has 0 aliphatic heterocycles. The fourth-order valence-corrected chi connectivity index (χ4v) is 3.21. The van der Waals surface area contributed by atoms with Crippen molar-refractivity contribution in [3.63, 3.8) is 0 Å². The number of esters is 1. The van der Waals surface area contributed by atoms with E-state index in [1.165, 1.54) is 16.7 Å². The van der Waals surface area contributed by atoms with Crippen LogP contribution in [0, 0.1) is 13.8 Å². The van der Waals surface area contributed by atoms with Crippen LogP contribution in [0.1, 0.15) is 36.5 Å². The predicted molar refractivity (Wildman–Crippen MR) is 120 cm³/mol. The van der Waals surface area contributed by atoms with Crippen LogP contribution in [0.25, 0.3) is 0 Å². The Morgan fingerprint density at radius 2 is 1.21 bits per heavy atom. The first kappa shape index (κ1) is 20.7. The molecule has 0 aliphatic carbocycles. The summed E-state index contributed by atoms with van der Waals surface area (Å²) in [6.07, 6.45) is 2.17. The lowest BCUT2D eigenvalue weighted by atomic mass is 10.1. The van der Waals surface area contributed by atoms with Crippen molar-refractivity contribution in [2.45, 2.75) is 40.0 Å². The molecule has 3 heteroatoms. The average Bonchev–Trinajstić information content (AvgIpc) is 2.75. The summed E-state index contributed by atoms with van der Waals surface area (Å²) < 4.78 is 5.16. The molecule has 0 amide bonds. The van der Waals surface area contributed by atoms with Crippen LogP contribution in [-0.4, -0.2) is 12.6 Å². The molecule has 3 nitrogen and oxygen atoms in total. The van der Waals surface area contributed by atoms with E-state index in [2.05, 4.69) is 91.5 Å². The Kier molecular flexibility index (Phi) is 7.07. The topological polar surface area (TPSA) is 29.5 Å². The van der Waals surface area contributed by atoms with E-state index in [1.54, 1.807) is 0 Å². The molecule has 0 saturated heterocycles. The van der Waals surface area contributed by atoms with Crippen LogP contribution in [0.5, 0.6) is 0 Å². The van der Waals surface area contributed by atoms with E-state index in [9.17, 15) is 4.79 Å². The van der Waals surface area contributed by atoms with E-state index in [0.717, 1.165) is 29.9 Å². The summed E-state index contributed by atoms with van der Waals surface area (Å²) in [6.45, 7) is 6.50. The van der Waals surface area contributed by atoms with E-state index in [0.29, 0.717) is 13.0 Å². The van der Waals surface area contributed by atoms with E-state index in [1.807, 2.05) is 6.92 Å². The normalized spacial score (nSPS) is 10.6. The summed E-state index contributed by atoms with van der Waals surface area (Å²) in [5, 5.41) is 0. The third-order valence-electron chi connectivity index (χ3n) is 4.94. The van der Waals surface area contributed by atoms with E-state index in [4.69, 9.17) is 4.74 Å². The number of nitrogens with zero attached hydrogens (tertiary/aromatic N) is 1. The Morgan fingerprint density at radius 1 is 0.759 bits per heavy atom. The van der Waals surface area contributed by atoms with E-state index in [-0.39, 0.29) is 5.97 Å². The molecule has 3 aromatic carbocycles. The van der Waals surface area contributed by atoms with Gasteiger partial charge in [-0.2, -0.15) is 0 Å². The van der Waals surface area contributed by atoms with Crippen molar-refractivity contribution in [1.29, 1.82) is 0 Å². The molecule has 0 bridgehead atoms. The van der Waals surface area contributed by atoms with Crippen LogP contribution in [-0.2, 0) is 16.0 Å². The number of ether oxygens (including phenoxy) is 1. The van der Waals surface area contributed by atoms with Gasteiger partial charge in [-0.3, -0.25) is 4.79 Å². The minimum Gasteiger partial charge on any atom is -0.466 e. The smallest absolute Gasteiger partial charge is 0.305 e. The molecule has 0 spiro atoms. The molecule has 0 heterocycles. The van der Waals surface area contributed by atoms with Crippen molar-refractivity contribution in [2.75, 3.05) is 11.5 Å². The van der Waals surface area contributed by atoms with Gasteiger partial charge in [0.2, 0.25) is 0 Å². The minimum absolute atomic E-state index is 0.132. The number of benzene rings is 3. The number of carbonyl (C=O) groups is 1. The van der Waals surface area contributed by atoms with Gasteiger partial charge in [0, 0.05) is 23.5 Å². The molecule has 0 saturated carbocycles. The first-order chi connectivity index (χ1) is 14.1. The molecular formula is C26H29NO2. The number of anilines is 3. The van der Waals surface area contributed by atoms with Gasteiger partial charge < -0.3 is 9.64 Å². The highest BCUT2D eigenvalue weighted by Gasteiger charge is 2.12. The zero-order valence-corrected chi connectivity index (χ0v) is 17.5. The third-order valence-corrected chi connectivity index (χ3v) is 4.94. The first-order valence-corrected chi connectivity index (χ1v) is 10.2. The molecule has 0 atom stereocenters. The average molecular weight is 388 g/mol. The zero-order chi connectivity index (χ0) is 20.6. The summed E-state index contributed by atoms with van der Waals surface area (Å²) in [5.74, 6) is -0.132. The maximum Gasteiger partial charge on any atom is 0.305 e. The van der Waals surface area contributed by atoms with Crippen LogP contribution >= 0.6 is 0 Å². The first-order valence-electron chi connectivity index (χ1n) is 10.2. The largest absolute Gasteiger partial charge is 0.466 e. The molecule has 0 aliphatic rings. The van der Waals surface area contributed by atoms with Gasteiger partial charge in [0.05, 0.1) is 6.61 Å². The molecule has 29 heavy (non-hydrogen) atoms. The Hall–Kier alpha value is -3.07. The highest BCUT2D eigenvalue weighted by molar-refractivity contribution is 5.76. The summed E-state index contributed by atoms with van der Waals surface area (Å²) in [6, 6.07) is 25.8. The molecule has 0 N–H and O–H groups in total. The second-order valence-corrected chi connectivity index (χ2v) is 7.35. The fraction of sp³-hybridized carbons (Fsp3) is 0.269. The SMILES string of the molecule is CCC(=O)OCCCc1ccc(N(c2ccc(C)cc2)c2ccc(C)cc2)cc1. The summed E-state index contributed by atoms with van der Waals surface area (Å²) >= 11 is 0. The van der Waals surface area contributed by atoms with Gasteiger partial charge in [-0.1, -0.05) is 54.4 Å². The molecule has 0 aromatic heterocycles. The highest BCUT2D eigenvalue weighted by atomic mass is 16.5. The second kappa shape index (κ2) is 9.92. The zero-order valence-electron chi connectivity index (χ0n) is 17.5. The van der Waals surface area contributed by atoms with Crippen molar-refractivity contribution < 1.29 is 9.53 Å². The third kappa shape index (κ3) is 5.71. The standard InChI is InChI=1S/C26H29NO2/c1-4-26(28)29-19-5-6-22-11-17-25(18-12-22)27(23-13-7-20(2)8-14-23)24-15-9-21(3)10-16-24/h7-18H,4-6,19H2,1-3H3. The summed E-state index contributed by atoms with van der Waals surface area (Å²) in [5.41, 5.74) is 7.14. The summed E-state index contributed by atoms with van der Waals surface area (Å²) in [4.78, 5) is 13.5. The van der Waals surface area contributed by atoms with Crippen molar-refractivity contribution in [3.05, 3.63) is 89.5 Å². The molecule has 0 radical (unpaired) electrons. The number of rotatable bonds is 8. The van der Waals surface area contributed by atoms with Gasteiger partial charge in [-0.15, -0.1) is 0 Å². The quantitative estimate of drug-likeness (QED) is 0.320. The van der Waals surface area contributed by atoms with Crippen molar-refractivity contribution in [3.8, 4) is 0 Å². The molecule has 3 rings (SSSR count). The fourth-order valence-electron chi connectivity index (χ4n) is 3.21. The lowest BCUT2D eigenvalue weighted by molar-refractivity contribution is -0.143. The molecule has 0 fully saturated rings. The number of aryl methyl sites for hydroxylation is 3. The molecule has 3 aromatic rings. The number of carbonyl (C=O) groups excluding carboxylic acids is 1. The number of hydrogen-bond acceptors (Lipinski definition) is 3. The van der Waals surface area contributed by atoms with Crippen LogP contribution in [0.3, 0.4) is 0 Å². The van der Waals surface area contributed by atoms with Crippen molar-refractivity contribution in [1.82, 2.24) is 0 Å². The Morgan fingerprint density at radius 3 is 1.66 bits per heavy atom. The van der Waals surface area contributed by atoms with Gasteiger partial charge in [0.25, 0.3) is 0 Å². The van der Waals surface area contributed by atoms with Crippen LogP contribution in [0.4, 0.5) is 17.1 Å². The Bertz CT molecular complexity index is 867. The van der Waals surface area contributed by atoms with Crippen LogP contribution in [0.2, 0.25) is 0 Å². The van der Waals surface area contributed by atoms with Crippen molar-refractivity contribution >= 4 is 23.0 Å². The maximum absolute atomic E-state index is 11.2. The van der Waals surface area contributed by atoms with Gasteiger partial charge >= 0.3 is 5.97 Å². The molecular weight excluding hydrogens is 358 g/mol. The summed E-state index contributed by atoms with van der Waals surface area (Å²) in [7, 11) is 0. The highest BCUT2D eigenvalue weighted by Crippen LogP contribution is 2.34. The van der Waals surface area contributed by atoms with Gasteiger partial charge in [0.1, 0.15) is 0 Å². The van der Waals surface area contributed by atoms with E-state index >= 15 is 0 Å². The van der Waals surface area contributed by atoms with Gasteiger partial charge in [0.15, 0.2) is 0 Å². The van der Waals surface area contributed by atoms with Crippen molar-refractivity contribution in [2.24, 2.45) is 0 Å². The Balaban J connectivity index is 1.78. The second-order valence-electron chi connectivity index (χ2n) is 7.35. The Labute approximate surface area is 174 Å².